The standard InChI is InChI=1S/C18H20FNO3/c1-3-22-17-6-4-5-14(11-17)12-20-18(21)13(2)23-16-9-7-15(19)8-10-16/h4-11,13H,3,12H2,1-2H3,(H,20,21)/t13-/m0/s1. The Morgan fingerprint density at radius 1 is 1.17 bits per heavy atom. The van der Waals surface area contributed by atoms with Crippen LogP contribution in [-0.4, -0.2) is 18.6 Å². The molecule has 0 bridgehead atoms. The Labute approximate surface area is 135 Å². The quantitative estimate of drug-likeness (QED) is 0.852. The molecular weight excluding hydrogens is 297 g/mol. The minimum atomic E-state index is -0.671. The van der Waals surface area contributed by atoms with E-state index in [1.807, 2.05) is 31.2 Å². The molecule has 0 heterocycles. The highest BCUT2D eigenvalue weighted by Gasteiger charge is 2.14. The van der Waals surface area contributed by atoms with Gasteiger partial charge in [-0.1, -0.05) is 12.1 Å². The van der Waals surface area contributed by atoms with E-state index in [-0.39, 0.29) is 11.7 Å². The summed E-state index contributed by atoms with van der Waals surface area (Å²) in [5.41, 5.74) is 0.943. The van der Waals surface area contributed by atoms with Crippen molar-refractivity contribution in [3.05, 3.63) is 59.9 Å². The van der Waals surface area contributed by atoms with Crippen LogP contribution in [0.15, 0.2) is 48.5 Å². The highest BCUT2D eigenvalue weighted by atomic mass is 19.1. The van der Waals surface area contributed by atoms with Crippen LogP contribution in [0.3, 0.4) is 0 Å². The smallest absolute Gasteiger partial charge is 0.261 e. The molecule has 23 heavy (non-hydrogen) atoms. The van der Waals surface area contributed by atoms with Crippen molar-refractivity contribution in [3.8, 4) is 11.5 Å². The highest BCUT2D eigenvalue weighted by Crippen LogP contribution is 2.14. The first-order chi connectivity index (χ1) is 11.1. The summed E-state index contributed by atoms with van der Waals surface area (Å²) < 4.78 is 23.7. The van der Waals surface area contributed by atoms with E-state index < -0.39 is 6.10 Å². The molecule has 0 aliphatic heterocycles. The van der Waals surface area contributed by atoms with Crippen molar-refractivity contribution in [2.75, 3.05) is 6.61 Å². The fraction of sp³-hybridized carbons (Fsp3) is 0.278. The third-order valence-electron chi connectivity index (χ3n) is 3.17. The molecule has 0 aliphatic carbocycles. The second kappa shape index (κ2) is 8.17. The van der Waals surface area contributed by atoms with Crippen LogP contribution in [0.25, 0.3) is 0 Å². The molecule has 1 atom stereocenters. The topological polar surface area (TPSA) is 47.6 Å². The molecule has 0 spiro atoms. The zero-order valence-electron chi connectivity index (χ0n) is 13.2. The van der Waals surface area contributed by atoms with Gasteiger partial charge in [-0.05, 0) is 55.8 Å². The van der Waals surface area contributed by atoms with Crippen LogP contribution >= 0.6 is 0 Å². The molecule has 0 aliphatic rings. The van der Waals surface area contributed by atoms with Gasteiger partial charge in [0.2, 0.25) is 0 Å². The second-order valence-corrected chi connectivity index (χ2v) is 5.01. The molecule has 2 aromatic carbocycles. The molecule has 1 N–H and O–H groups in total. The summed E-state index contributed by atoms with van der Waals surface area (Å²) in [6, 6.07) is 13.1. The molecule has 0 aromatic heterocycles. The van der Waals surface area contributed by atoms with Gasteiger partial charge in [-0.15, -0.1) is 0 Å². The van der Waals surface area contributed by atoms with Crippen LogP contribution in [0.5, 0.6) is 11.5 Å². The van der Waals surface area contributed by atoms with Gasteiger partial charge < -0.3 is 14.8 Å². The Hall–Kier alpha value is -2.56. The number of halogens is 1. The third kappa shape index (κ3) is 5.29. The van der Waals surface area contributed by atoms with Crippen molar-refractivity contribution < 1.29 is 18.7 Å². The summed E-state index contributed by atoms with van der Waals surface area (Å²) in [6.07, 6.45) is -0.671. The summed E-state index contributed by atoms with van der Waals surface area (Å²) >= 11 is 0. The van der Waals surface area contributed by atoms with Gasteiger partial charge in [0.15, 0.2) is 6.10 Å². The predicted molar refractivity (Wildman–Crippen MR) is 85.9 cm³/mol. The van der Waals surface area contributed by atoms with Crippen molar-refractivity contribution >= 4 is 5.91 Å². The Bertz CT molecular complexity index is 643. The van der Waals surface area contributed by atoms with E-state index in [0.717, 1.165) is 11.3 Å². The largest absolute Gasteiger partial charge is 0.494 e. The van der Waals surface area contributed by atoms with Crippen LogP contribution < -0.4 is 14.8 Å². The minimum absolute atomic E-state index is 0.240. The lowest BCUT2D eigenvalue weighted by Gasteiger charge is -2.15. The van der Waals surface area contributed by atoms with Crippen molar-refractivity contribution in [2.24, 2.45) is 0 Å². The predicted octanol–water partition coefficient (Wildman–Crippen LogP) is 3.31. The maximum absolute atomic E-state index is 12.8. The van der Waals surface area contributed by atoms with Gasteiger partial charge in [-0.2, -0.15) is 0 Å². The third-order valence-corrected chi connectivity index (χ3v) is 3.17. The van der Waals surface area contributed by atoms with Gasteiger partial charge in [0.25, 0.3) is 5.91 Å². The normalized spacial score (nSPS) is 11.6. The first kappa shape index (κ1) is 16.8. The molecule has 0 unspecified atom stereocenters. The van der Waals surface area contributed by atoms with Gasteiger partial charge >= 0.3 is 0 Å². The Kier molecular flexibility index (Phi) is 5.97. The molecule has 1 amide bonds. The number of nitrogens with one attached hydrogen (secondary N) is 1. The maximum atomic E-state index is 12.8. The van der Waals surface area contributed by atoms with E-state index in [1.165, 1.54) is 24.3 Å². The molecule has 0 saturated carbocycles. The van der Waals surface area contributed by atoms with Gasteiger partial charge in [0.05, 0.1) is 6.61 Å². The lowest BCUT2D eigenvalue weighted by atomic mass is 10.2. The van der Waals surface area contributed by atoms with E-state index in [4.69, 9.17) is 9.47 Å². The Balaban J connectivity index is 1.86. The van der Waals surface area contributed by atoms with Gasteiger partial charge in [0.1, 0.15) is 17.3 Å². The van der Waals surface area contributed by atoms with Crippen LogP contribution in [0, 0.1) is 5.82 Å². The van der Waals surface area contributed by atoms with Crippen molar-refractivity contribution in [2.45, 2.75) is 26.5 Å². The first-order valence-corrected chi connectivity index (χ1v) is 7.50. The molecule has 122 valence electrons. The number of ether oxygens (including phenoxy) is 2. The summed E-state index contributed by atoms with van der Waals surface area (Å²) in [6.45, 7) is 4.55. The number of carbonyl (C=O) groups is 1. The molecule has 4 nitrogen and oxygen atoms in total. The second-order valence-electron chi connectivity index (χ2n) is 5.01. The van der Waals surface area contributed by atoms with Crippen LogP contribution in [-0.2, 0) is 11.3 Å². The number of hydrogen-bond donors (Lipinski definition) is 1. The fourth-order valence-electron chi connectivity index (χ4n) is 2.02. The van der Waals surface area contributed by atoms with E-state index in [2.05, 4.69) is 5.32 Å². The fourth-order valence-corrected chi connectivity index (χ4v) is 2.02. The van der Waals surface area contributed by atoms with E-state index >= 15 is 0 Å². The van der Waals surface area contributed by atoms with Gasteiger partial charge in [-0.25, -0.2) is 4.39 Å². The van der Waals surface area contributed by atoms with Crippen LogP contribution in [0.4, 0.5) is 4.39 Å². The summed E-state index contributed by atoms with van der Waals surface area (Å²) in [5, 5.41) is 2.81. The number of rotatable bonds is 7. The zero-order chi connectivity index (χ0) is 16.7. The molecule has 0 saturated heterocycles. The molecule has 5 heteroatoms. The minimum Gasteiger partial charge on any atom is -0.494 e. The summed E-state index contributed by atoms with van der Waals surface area (Å²) in [4.78, 5) is 12.1. The number of carbonyl (C=O) groups excluding carboxylic acids is 1. The average Bonchev–Trinajstić information content (AvgIpc) is 2.55. The lowest BCUT2D eigenvalue weighted by Crippen LogP contribution is -2.35. The van der Waals surface area contributed by atoms with E-state index in [0.29, 0.717) is 18.9 Å². The number of amides is 1. The van der Waals surface area contributed by atoms with Gasteiger partial charge in [0, 0.05) is 6.54 Å². The van der Waals surface area contributed by atoms with E-state index in [1.54, 1.807) is 6.92 Å². The molecule has 2 rings (SSSR count). The van der Waals surface area contributed by atoms with Crippen molar-refractivity contribution in [3.63, 3.8) is 0 Å². The molecular formula is C18H20FNO3. The number of hydrogen-bond acceptors (Lipinski definition) is 3. The van der Waals surface area contributed by atoms with Crippen molar-refractivity contribution in [1.82, 2.24) is 5.32 Å². The number of benzene rings is 2. The SMILES string of the molecule is CCOc1cccc(CNC(=O)[C@H](C)Oc2ccc(F)cc2)c1. The molecule has 0 fully saturated rings. The Morgan fingerprint density at radius 2 is 1.91 bits per heavy atom. The highest BCUT2D eigenvalue weighted by molar-refractivity contribution is 5.80. The van der Waals surface area contributed by atoms with Gasteiger partial charge in [-0.3, -0.25) is 4.79 Å². The maximum Gasteiger partial charge on any atom is 0.261 e. The van der Waals surface area contributed by atoms with Crippen LogP contribution in [0.1, 0.15) is 19.4 Å². The zero-order valence-corrected chi connectivity index (χ0v) is 13.2. The first-order valence-electron chi connectivity index (χ1n) is 7.50. The monoisotopic (exact) mass is 317 g/mol. The summed E-state index contributed by atoms with van der Waals surface area (Å²) in [5.74, 6) is 0.641. The van der Waals surface area contributed by atoms with E-state index in [9.17, 15) is 9.18 Å². The average molecular weight is 317 g/mol. The lowest BCUT2D eigenvalue weighted by molar-refractivity contribution is -0.127. The van der Waals surface area contributed by atoms with Crippen LogP contribution in [0.2, 0.25) is 0 Å². The molecule has 2 aromatic rings. The van der Waals surface area contributed by atoms with Crippen molar-refractivity contribution in [1.29, 1.82) is 0 Å². The summed E-state index contributed by atoms with van der Waals surface area (Å²) in [7, 11) is 0. The Morgan fingerprint density at radius 3 is 2.61 bits per heavy atom. The molecule has 0 radical (unpaired) electrons.